The summed E-state index contributed by atoms with van der Waals surface area (Å²) in [5.74, 6) is 0.178. The third-order valence-electron chi connectivity index (χ3n) is 5.59. The molecule has 2 aromatic carbocycles. The maximum atomic E-state index is 12.8. The monoisotopic (exact) mass is 406 g/mol. The molecule has 1 fully saturated rings. The molecule has 148 valence electrons. The van der Waals surface area contributed by atoms with E-state index in [0.29, 0.717) is 28.3 Å². The van der Waals surface area contributed by atoms with E-state index in [4.69, 9.17) is 4.42 Å². The fourth-order valence-corrected chi connectivity index (χ4v) is 5.01. The lowest BCUT2D eigenvalue weighted by atomic mass is 10.1. The minimum Gasteiger partial charge on any atom is -0.507 e. The molecule has 2 aromatic heterocycles. The minimum atomic E-state index is -0.417. The van der Waals surface area contributed by atoms with Crippen molar-refractivity contribution in [3.8, 4) is 16.3 Å². The number of benzene rings is 2. The van der Waals surface area contributed by atoms with Crippen molar-refractivity contribution in [1.29, 1.82) is 0 Å². The smallest absolute Gasteiger partial charge is 0.346 e. The molecule has 5 nitrogen and oxygen atoms in total. The summed E-state index contributed by atoms with van der Waals surface area (Å²) >= 11 is 1.48. The predicted molar refractivity (Wildman–Crippen MR) is 117 cm³/mol. The molecular formula is C23H22N2O3S. The summed E-state index contributed by atoms with van der Waals surface area (Å²) in [6.45, 7) is 2.60. The molecule has 0 bridgehead atoms. The molecule has 3 heterocycles. The number of phenolic OH excluding ortho intramolecular Hbond substituents is 1. The Balaban J connectivity index is 1.58. The van der Waals surface area contributed by atoms with Crippen molar-refractivity contribution >= 4 is 32.5 Å². The zero-order valence-corrected chi connectivity index (χ0v) is 16.9. The first kappa shape index (κ1) is 18.3. The number of aromatic nitrogens is 1. The Morgan fingerprint density at radius 2 is 1.86 bits per heavy atom. The van der Waals surface area contributed by atoms with Gasteiger partial charge in [-0.25, -0.2) is 9.78 Å². The molecule has 1 saturated heterocycles. The quantitative estimate of drug-likeness (QED) is 0.477. The SMILES string of the molecule is O=c1oc2c(CN3CCCCCC3)c(O)ccc2cc1-c1nc2ccccc2s1. The Kier molecular flexibility index (Phi) is 4.81. The van der Waals surface area contributed by atoms with Crippen LogP contribution in [0, 0.1) is 0 Å². The molecule has 4 aromatic rings. The van der Waals surface area contributed by atoms with Crippen molar-refractivity contribution < 1.29 is 9.52 Å². The van der Waals surface area contributed by atoms with Crippen LogP contribution in [0.15, 0.2) is 51.7 Å². The van der Waals surface area contributed by atoms with Gasteiger partial charge in [-0.05, 0) is 56.3 Å². The first-order valence-corrected chi connectivity index (χ1v) is 10.9. The van der Waals surface area contributed by atoms with E-state index in [-0.39, 0.29) is 5.75 Å². The molecule has 1 aliphatic rings. The number of hydrogen-bond acceptors (Lipinski definition) is 6. The van der Waals surface area contributed by atoms with Crippen molar-refractivity contribution in [1.82, 2.24) is 9.88 Å². The van der Waals surface area contributed by atoms with Crippen LogP contribution in [0.25, 0.3) is 31.8 Å². The lowest BCUT2D eigenvalue weighted by Crippen LogP contribution is -2.24. The van der Waals surface area contributed by atoms with Crippen LogP contribution < -0.4 is 5.63 Å². The van der Waals surface area contributed by atoms with Gasteiger partial charge in [0.15, 0.2) is 0 Å². The van der Waals surface area contributed by atoms with Crippen LogP contribution in [0.4, 0.5) is 0 Å². The zero-order chi connectivity index (χ0) is 19.8. The van der Waals surface area contributed by atoms with Gasteiger partial charge in [0.1, 0.15) is 16.3 Å². The van der Waals surface area contributed by atoms with Gasteiger partial charge in [-0.3, -0.25) is 4.90 Å². The standard InChI is InChI=1S/C23H22N2O3S/c26-19-10-9-15-13-16(22-24-18-7-3-4-8-20(18)29-22)23(27)28-21(15)17(19)14-25-11-5-1-2-6-12-25/h3-4,7-10,13,26H,1-2,5-6,11-12,14H2. The summed E-state index contributed by atoms with van der Waals surface area (Å²) in [6, 6.07) is 13.2. The Morgan fingerprint density at radius 3 is 2.66 bits per heavy atom. The fourth-order valence-electron chi connectivity index (χ4n) is 4.04. The molecule has 0 spiro atoms. The second-order valence-electron chi connectivity index (χ2n) is 7.61. The maximum absolute atomic E-state index is 12.8. The van der Waals surface area contributed by atoms with E-state index < -0.39 is 5.63 Å². The van der Waals surface area contributed by atoms with E-state index >= 15 is 0 Å². The average molecular weight is 407 g/mol. The van der Waals surface area contributed by atoms with E-state index in [1.807, 2.05) is 30.3 Å². The minimum absolute atomic E-state index is 0.178. The van der Waals surface area contributed by atoms with Crippen molar-refractivity contribution in [2.24, 2.45) is 0 Å². The normalized spacial score (nSPS) is 15.7. The second-order valence-corrected chi connectivity index (χ2v) is 8.64. The highest BCUT2D eigenvalue weighted by Gasteiger charge is 2.19. The van der Waals surface area contributed by atoms with Gasteiger partial charge >= 0.3 is 5.63 Å². The average Bonchev–Trinajstić information content (AvgIpc) is 2.99. The van der Waals surface area contributed by atoms with Crippen molar-refractivity contribution in [2.45, 2.75) is 32.2 Å². The van der Waals surface area contributed by atoms with Crippen LogP contribution in [0.3, 0.4) is 0 Å². The molecule has 0 saturated carbocycles. The third-order valence-corrected chi connectivity index (χ3v) is 6.66. The van der Waals surface area contributed by atoms with Crippen LogP contribution in [0.1, 0.15) is 31.2 Å². The first-order chi connectivity index (χ1) is 14.2. The van der Waals surface area contributed by atoms with Gasteiger partial charge in [-0.2, -0.15) is 0 Å². The number of nitrogens with zero attached hydrogens (tertiary/aromatic N) is 2. The summed E-state index contributed by atoms with van der Waals surface area (Å²) in [7, 11) is 0. The number of phenols is 1. The molecule has 6 heteroatoms. The molecular weight excluding hydrogens is 384 g/mol. The number of fused-ring (bicyclic) bond motifs is 2. The van der Waals surface area contributed by atoms with Gasteiger partial charge in [0.05, 0.1) is 21.3 Å². The van der Waals surface area contributed by atoms with Crippen LogP contribution >= 0.6 is 11.3 Å². The predicted octanol–water partition coefficient (Wildman–Crippen LogP) is 5.15. The second kappa shape index (κ2) is 7.61. The van der Waals surface area contributed by atoms with Gasteiger partial charge in [-0.1, -0.05) is 25.0 Å². The molecule has 0 radical (unpaired) electrons. The lowest BCUT2D eigenvalue weighted by molar-refractivity contribution is 0.272. The van der Waals surface area contributed by atoms with Crippen LogP contribution in [0.5, 0.6) is 5.75 Å². The van der Waals surface area contributed by atoms with Gasteiger partial charge in [0.25, 0.3) is 0 Å². The topological polar surface area (TPSA) is 66.6 Å². The van der Waals surface area contributed by atoms with Gasteiger partial charge < -0.3 is 9.52 Å². The van der Waals surface area contributed by atoms with Gasteiger partial charge in [0.2, 0.25) is 0 Å². The largest absolute Gasteiger partial charge is 0.507 e. The fraction of sp³-hybridized carbons (Fsp3) is 0.304. The molecule has 29 heavy (non-hydrogen) atoms. The van der Waals surface area contributed by atoms with Crippen LogP contribution in [0.2, 0.25) is 0 Å². The number of rotatable bonds is 3. The molecule has 0 aliphatic carbocycles. The molecule has 0 atom stereocenters. The summed E-state index contributed by atoms with van der Waals surface area (Å²) < 4.78 is 6.79. The molecule has 0 amide bonds. The number of likely N-dealkylation sites (tertiary alicyclic amines) is 1. The van der Waals surface area contributed by atoms with Gasteiger partial charge in [0, 0.05) is 11.9 Å². The Bertz CT molecular complexity index is 1200. The number of aromatic hydroxyl groups is 1. The maximum Gasteiger partial charge on any atom is 0.346 e. The van der Waals surface area contributed by atoms with E-state index in [1.54, 1.807) is 12.1 Å². The van der Waals surface area contributed by atoms with E-state index in [1.165, 1.54) is 24.2 Å². The van der Waals surface area contributed by atoms with E-state index in [9.17, 15) is 9.90 Å². The highest BCUT2D eigenvalue weighted by molar-refractivity contribution is 7.21. The molecule has 1 N–H and O–H groups in total. The Labute approximate surface area is 172 Å². The van der Waals surface area contributed by atoms with E-state index in [2.05, 4.69) is 9.88 Å². The number of hydrogen-bond donors (Lipinski definition) is 1. The Hall–Kier alpha value is -2.70. The van der Waals surface area contributed by atoms with Crippen LogP contribution in [-0.2, 0) is 6.54 Å². The van der Waals surface area contributed by atoms with Crippen LogP contribution in [-0.4, -0.2) is 28.1 Å². The number of thiazole rings is 1. The van der Waals surface area contributed by atoms with Crippen molar-refractivity contribution in [2.75, 3.05) is 13.1 Å². The lowest BCUT2D eigenvalue weighted by Gasteiger charge is -2.20. The number of para-hydroxylation sites is 1. The first-order valence-electron chi connectivity index (χ1n) is 10.1. The summed E-state index contributed by atoms with van der Waals surface area (Å²) in [5, 5.41) is 11.9. The van der Waals surface area contributed by atoms with E-state index in [0.717, 1.165) is 41.5 Å². The molecule has 1 aliphatic heterocycles. The van der Waals surface area contributed by atoms with Crippen molar-refractivity contribution in [3.05, 3.63) is 58.4 Å². The highest BCUT2D eigenvalue weighted by Crippen LogP contribution is 2.33. The van der Waals surface area contributed by atoms with Crippen molar-refractivity contribution in [3.63, 3.8) is 0 Å². The zero-order valence-electron chi connectivity index (χ0n) is 16.1. The molecule has 5 rings (SSSR count). The van der Waals surface area contributed by atoms with Gasteiger partial charge in [-0.15, -0.1) is 11.3 Å². The highest BCUT2D eigenvalue weighted by atomic mass is 32.1. The summed E-state index contributed by atoms with van der Waals surface area (Å²) in [6.07, 6.45) is 4.83. The Morgan fingerprint density at radius 1 is 1.07 bits per heavy atom. The summed E-state index contributed by atoms with van der Waals surface area (Å²) in [5.41, 5.74) is 2.09. The summed E-state index contributed by atoms with van der Waals surface area (Å²) in [4.78, 5) is 19.8. The molecule has 0 unspecified atom stereocenters. The third kappa shape index (κ3) is 3.54.